The van der Waals surface area contributed by atoms with Crippen LogP contribution in [0.1, 0.15) is 12.0 Å². The monoisotopic (exact) mass is 417 g/mol. The first kappa shape index (κ1) is 18.6. The molecule has 0 radical (unpaired) electrons. The Labute approximate surface area is 169 Å². The molecule has 0 spiro atoms. The maximum Gasteiger partial charge on any atom is 0.327 e. The lowest BCUT2D eigenvalue weighted by Gasteiger charge is -2.41. The highest BCUT2D eigenvalue weighted by Gasteiger charge is 2.47. The Hall–Kier alpha value is -2.46. The van der Waals surface area contributed by atoms with Gasteiger partial charge in [-0.15, -0.1) is 4.40 Å². The van der Waals surface area contributed by atoms with Crippen molar-refractivity contribution in [1.82, 2.24) is 19.6 Å². The van der Waals surface area contributed by atoms with E-state index >= 15 is 0 Å². The number of sulfonamides is 1. The summed E-state index contributed by atoms with van der Waals surface area (Å²) in [7, 11) is -0.361. The fourth-order valence-electron chi connectivity index (χ4n) is 5.04. The molecule has 29 heavy (non-hydrogen) atoms. The fourth-order valence-corrected chi connectivity index (χ4v) is 6.26. The number of hydrogen-bond donors (Lipinski definition) is 0. The average Bonchev–Trinajstić information content (AvgIpc) is 3.33. The van der Waals surface area contributed by atoms with E-state index in [1.54, 1.807) is 24.1 Å². The number of imide groups is 1. The first-order chi connectivity index (χ1) is 13.8. The Bertz CT molecular complexity index is 1020. The van der Waals surface area contributed by atoms with Gasteiger partial charge in [-0.25, -0.2) is 4.79 Å². The number of hydrogen-bond acceptors (Lipinski definition) is 6. The lowest BCUT2D eigenvalue weighted by Crippen LogP contribution is -2.59. The third kappa shape index (κ3) is 2.77. The molecule has 0 bridgehead atoms. The van der Waals surface area contributed by atoms with Gasteiger partial charge in [-0.1, -0.05) is 12.1 Å². The maximum absolute atomic E-state index is 12.4. The van der Waals surface area contributed by atoms with Crippen molar-refractivity contribution in [2.45, 2.75) is 17.5 Å². The molecule has 0 aliphatic carbocycles. The van der Waals surface area contributed by atoms with Gasteiger partial charge in [0.05, 0.1) is 12.6 Å². The van der Waals surface area contributed by atoms with E-state index in [0.29, 0.717) is 29.7 Å². The number of fused-ring (bicyclic) bond motifs is 2. The Kier molecular flexibility index (Phi) is 4.01. The van der Waals surface area contributed by atoms with Gasteiger partial charge in [0.25, 0.3) is 10.0 Å². The molecular formula is C19H23N5O4S. The van der Waals surface area contributed by atoms with Crippen molar-refractivity contribution in [1.29, 1.82) is 0 Å². The van der Waals surface area contributed by atoms with Crippen LogP contribution in [0.5, 0.6) is 0 Å². The zero-order valence-electron chi connectivity index (χ0n) is 16.4. The molecule has 1 aromatic carbocycles. The number of carbonyl (C=O) groups excluding carboxylic acids is 2. The Balaban J connectivity index is 1.31. The summed E-state index contributed by atoms with van der Waals surface area (Å²) in [6.45, 7) is 3.01. The van der Waals surface area contributed by atoms with Crippen LogP contribution in [0.4, 0.5) is 4.79 Å². The van der Waals surface area contributed by atoms with Crippen molar-refractivity contribution in [3.05, 3.63) is 29.8 Å². The highest BCUT2D eigenvalue weighted by molar-refractivity contribution is 7.90. The predicted molar refractivity (Wildman–Crippen MR) is 105 cm³/mol. The Morgan fingerprint density at radius 2 is 1.66 bits per heavy atom. The molecule has 3 fully saturated rings. The Morgan fingerprint density at radius 3 is 2.34 bits per heavy atom. The maximum atomic E-state index is 12.4. The first-order valence-corrected chi connectivity index (χ1v) is 11.2. The minimum Gasteiger partial charge on any atom is -0.355 e. The molecule has 0 N–H and O–H groups in total. The highest BCUT2D eigenvalue weighted by Crippen LogP contribution is 2.37. The lowest BCUT2D eigenvalue weighted by molar-refractivity contribution is -0.133. The van der Waals surface area contributed by atoms with Crippen LogP contribution in [-0.2, 0) is 14.8 Å². The van der Waals surface area contributed by atoms with E-state index in [4.69, 9.17) is 0 Å². The fraction of sp³-hybridized carbons (Fsp3) is 0.526. The van der Waals surface area contributed by atoms with Gasteiger partial charge in [0.1, 0.15) is 4.90 Å². The van der Waals surface area contributed by atoms with E-state index in [9.17, 15) is 18.0 Å². The van der Waals surface area contributed by atoms with Crippen molar-refractivity contribution in [2.24, 2.45) is 16.2 Å². The molecule has 4 aliphatic heterocycles. The number of urea groups is 1. The van der Waals surface area contributed by atoms with E-state index < -0.39 is 10.0 Å². The third-order valence-electron chi connectivity index (χ3n) is 6.62. The summed E-state index contributed by atoms with van der Waals surface area (Å²) in [5.41, 5.74) is 0.676. The summed E-state index contributed by atoms with van der Waals surface area (Å²) in [6.07, 6.45) is 0.0930. The minimum absolute atomic E-state index is 0.154. The number of amidine groups is 1. The first-order valence-electron chi connectivity index (χ1n) is 9.73. The second kappa shape index (κ2) is 6.27. The molecule has 1 aromatic rings. The molecule has 0 saturated carbocycles. The standard InChI is InChI=1S/C19H23N5O4S/c1-21-16(7-17(25)22(2)19(21)26)23-8-12-10-24(11-13(12)9-23)18-14-5-3-4-6-15(14)29(27,28)20-18/h3-6,12-13,16H,7-11H2,1-2H3. The summed E-state index contributed by atoms with van der Waals surface area (Å²) in [4.78, 5) is 31.8. The van der Waals surface area contributed by atoms with Crippen molar-refractivity contribution < 1.29 is 18.0 Å². The largest absolute Gasteiger partial charge is 0.355 e. The van der Waals surface area contributed by atoms with Crippen LogP contribution < -0.4 is 0 Å². The van der Waals surface area contributed by atoms with E-state index in [0.717, 1.165) is 26.2 Å². The second-order valence-electron chi connectivity index (χ2n) is 8.30. The number of likely N-dealkylation sites (tertiary alicyclic amines) is 2. The number of nitrogens with zero attached hydrogens (tertiary/aromatic N) is 5. The molecule has 4 aliphatic rings. The van der Waals surface area contributed by atoms with Crippen LogP contribution in [-0.4, -0.2) is 92.2 Å². The molecule has 154 valence electrons. The zero-order chi connectivity index (χ0) is 20.5. The van der Waals surface area contributed by atoms with E-state index in [1.807, 2.05) is 12.1 Å². The summed E-state index contributed by atoms with van der Waals surface area (Å²) < 4.78 is 28.8. The summed E-state index contributed by atoms with van der Waals surface area (Å²) >= 11 is 0. The molecule has 4 heterocycles. The smallest absolute Gasteiger partial charge is 0.327 e. The topological polar surface area (TPSA) is 93.6 Å². The molecular weight excluding hydrogens is 394 g/mol. The van der Waals surface area contributed by atoms with Gasteiger partial charge in [-0.2, -0.15) is 8.42 Å². The number of amides is 3. The summed E-state index contributed by atoms with van der Waals surface area (Å²) in [5, 5.41) is 0. The van der Waals surface area contributed by atoms with Crippen LogP contribution in [0.3, 0.4) is 0 Å². The van der Waals surface area contributed by atoms with Crippen molar-refractivity contribution in [3.63, 3.8) is 0 Å². The van der Waals surface area contributed by atoms with Gasteiger partial charge < -0.3 is 9.80 Å². The quantitative estimate of drug-likeness (QED) is 0.650. The van der Waals surface area contributed by atoms with Crippen LogP contribution in [0.25, 0.3) is 0 Å². The van der Waals surface area contributed by atoms with Gasteiger partial charge in [-0.05, 0) is 24.0 Å². The summed E-state index contributed by atoms with van der Waals surface area (Å²) in [6, 6.07) is 6.68. The van der Waals surface area contributed by atoms with Gasteiger partial charge in [0.15, 0.2) is 5.84 Å². The molecule has 3 saturated heterocycles. The van der Waals surface area contributed by atoms with Gasteiger partial charge >= 0.3 is 6.03 Å². The van der Waals surface area contributed by atoms with Crippen molar-refractivity contribution in [3.8, 4) is 0 Å². The third-order valence-corrected chi connectivity index (χ3v) is 7.94. The second-order valence-corrected chi connectivity index (χ2v) is 9.87. The Morgan fingerprint density at radius 1 is 1.00 bits per heavy atom. The molecule has 10 heteroatoms. The van der Waals surface area contributed by atoms with E-state index in [-0.39, 0.29) is 23.0 Å². The molecule has 0 aromatic heterocycles. The molecule has 5 rings (SSSR count). The lowest BCUT2D eigenvalue weighted by atomic mass is 10.0. The van der Waals surface area contributed by atoms with Crippen LogP contribution in [0.15, 0.2) is 33.6 Å². The van der Waals surface area contributed by atoms with Crippen molar-refractivity contribution >= 4 is 27.8 Å². The predicted octanol–water partition coefficient (Wildman–Crippen LogP) is 0.239. The molecule has 3 atom stereocenters. The highest BCUT2D eigenvalue weighted by atomic mass is 32.2. The van der Waals surface area contributed by atoms with Crippen LogP contribution in [0, 0.1) is 11.8 Å². The SMILES string of the molecule is CN1C(=O)CC(N2CC3CN(C4=NS(=O)(=O)c5ccccc54)CC3C2)N(C)C1=O. The van der Waals surface area contributed by atoms with E-state index in [1.165, 1.54) is 11.9 Å². The van der Waals surface area contributed by atoms with Crippen LogP contribution >= 0.6 is 0 Å². The van der Waals surface area contributed by atoms with Crippen LogP contribution in [0.2, 0.25) is 0 Å². The number of rotatable bonds is 1. The molecule has 3 amide bonds. The van der Waals surface area contributed by atoms with Gasteiger partial charge in [-0.3, -0.25) is 14.6 Å². The van der Waals surface area contributed by atoms with E-state index in [2.05, 4.69) is 14.2 Å². The molecule has 9 nitrogen and oxygen atoms in total. The normalized spacial score (nSPS) is 31.3. The number of carbonyl (C=O) groups is 2. The number of benzene rings is 1. The zero-order valence-corrected chi connectivity index (χ0v) is 17.2. The van der Waals surface area contributed by atoms with Gasteiger partial charge in [0, 0.05) is 45.8 Å². The summed E-state index contributed by atoms with van der Waals surface area (Å²) in [5.74, 6) is 1.10. The average molecular weight is 417 g/mol. The minimum atomic E-state index is -3.62. The molecule has 3 unspecified atom stereocenters. The van der Waals surface area contributed by atoms with Gasteiger partial charge in [0.2, 0.25) is 5.91 Å². The van der Waals surface area contributed by atoms with Crippen molar-refractivity contribution in [2.75, 3.05) is 40.3 Å².